The number of halogens is 1. The van der Waals surface area contributed by atoms with Crippen molar-refractivity contribution in [2.24, 2.45) is 11.3 Å². The molecule has 1 aliphatic carbocycles. The van der Waals surface area contributed by atoms with Crippen LogP contribution < -0.4 is 5.32 Å². The third kappa shape index (κ3) is 3.75. The molecule has 2 nitrogen and oxygen atoms in total. The van der Waals surface area contributed by atoms with Gasteiger partial charge in [-0.1, -0.05) is 27.2 Å². The van der Waals surface area contributed by atoms with Gasteiger partial charge in [0.05, 0.1) is 5.56 Å². The third-order valence-electron chi connectivity index (χ3n) is 5.20. The van der Waals surface area contributed by atoms with Crippen molar-refractivity contribution in [2.75, 3.05) is 5.32 Å². The van der Waals surface area contributed by atoms with Gasteiger partial charge in [0, 0.05) is 11.7 Å². The van der Waals surface area contributed by atoms with Gasteiger partial charge in [0.1, 0.15) is 11.9 Å². The Balaban J connectivity index is 1.94. The van der Waals surface area contributed by atoms with E-state index in [0.29, 0.717) is 11.5 Å². The Kier molecular flexibility index (Phi) is 4.88. The van der Waals surface area contributed by atoms with Crippen LogP contribution in [0.4, 0.5) is 10.1 Å². The lowest BCUT2D eigenvalue weighted by molar-refractivity contribution is 0.147. The number of nitrogens with zero attached hydrogens (tertiary/aromatic N) is 1. The second-order valence-corrected chi connectivity index (χ2v) is 6.84. The lowest BCUT2D eigenvalue weighted by atomic mass is 9.69. The molecule has 2 rings (SSSR count). The summed E-state index contributed by atoms with van der Waals surface area (Å²) in [4.78, 5) is 0. The van der Waals surface area contributed by atoms with Crippen LogP contribution >= 0.6 is 0 Å². The quantitative estimate of drug-likeness (QED) is 0.836. The number of benzene rings is 1. The first-order valence-electron chi connectivity index (χ1n) is 7.92. The molecule has 0 aliphatic heterocycles. The van der Waals surface area contributed by atoms with E-state index in [9.17, 15) is 4.39 Å². The van der Waals surface area contributed by atoms with Crippen LogP contribution in [-0.2, 0) is 0 Å². The van der Waals surface area contributed by atoms with Crippen molar-refractivity contribution in [3.8, 4) is 6.07 Å². The van der Waals surface area contributed by atoms with Crippen molar-refractivity contribution < 1.29 is 4.39 Å². The molecule has 0 unspecified atom stereocenters. The van der Waals surface area contributed by atoms with Crippen LogP contribution in [-0.4, -0.2) is 6.04 Å². The Morgan fingerprint density at radius 3 is 2.52 bits per heavy atom. The van der Waals surface area contributed by atoms with E-state index in [1.165, 1.54) is 25.3 Å². The fraction of sp³-hybridized carbons (Fsp3) is 0.611. The molecule has 0 amide bonds. The van der Waals surface area contributed by atoms with Crippen molar-refractivity contribution in [3.05, 3.63) is 29.6 Å². The molecule has 1 N–H and O–H groups in total. The molecule has 3 heteroatoms. The number of hydrogen-bond donors (Lipinski definition) is 1. The van der Waals surface area contributed by atoms with Crippen LogP contribution in [0, 0.1) is 28.5 Å². The molecular formula is C18H25FN2. The number of rotatable bonds is 4. The molecule has 1 aromatic carbocycles. The number of hydrogen-bond acceptors (Lipinski definition) is 2. The molecule has 0 spiro atoms. The minimum absolute atomic E-state index is 0.112. The predicted molar refractivity (Wildman–Crippen MR) is 84.6 cm³/mol. The van der Waals surface area contributed by atoms with Crippen LogP contribution in [0.2, 0.25) is 0 Å². The lowest BCUT2D eigenvalue weighted by Gasteiger charge is -2.39. The summed E-state index contributed by atoms with van der Waals surface area (Å²) in [5.74, 6) is 0.347. The van der Waals surface area contributed by atoms with Gasteiger partial charge in [0.15, 0.2) is 0 Å². The average Bonchev–Trinajstić information content (AvgIpc) is 2.49. The van der Waals surface area contributed by atoms with E-state index >= 15 is 0 Å². The van der Waals surface area contributed by atoms with Crippen LogP contribution in [0.1, 0.15) is 58.4 Å². The van der Waals surface area contributed by atoms with Gasteiger partial charge in [0.25, 0.3) is 0 Å². The van der Waals surface area contributed by atoms with Gasteiger partial charge in [-0.3, -0.25) is 0 Å². The second kappa shape index (κ2) is 6.47. The molecular weight excluding hydrogens is 263 g/mol. The highest BCUT2D eigenvalue weighted by Gasteiger charge is 2.31. The van der Waals surface area contributed by atoms with E-state index in [0.717, 1.165) is 24.4 Å². The zero-order valence-corrected chi connectivity index (χ0v) is 13.2. The largest absolute Gasteiger partial charge is 0.382 e. The Morgan fingerprint density at radius 1 is 1.29 bits per heavy atom. The van der Waals surface area contributed by atoms with Crippen molar-refractivity contribution in [1.29, 1.82) is 5.26 Å². The molecule has 0 radical (unpaired) electrons. The van der Waals surface area contributed by atoms with E-state index in [1.54, 1.807) is 12.1 Å². The zero-order valence-electron chi connectivity index (χ0n) is 13.2. The van der Waals surface area contributed by atoms with Gasteiger partial charge < -0.3 is 5.32 Å². The molecule has 21 heavy (non-hydrogen) atoms. The van der Waals surface area contributed by atoms with Gasteiger partial charge >= 0.3 is 0 Å². The number of nitrogens with one attached hydrogen (secondary N) is 1. The first-order valence-corrected chi connectivity index (χ1v) is 7.92. The molecule has 1 saturated carbocycles. The highest BCUT2D eigenvalue weighted by atomic mass is 19.1. The third-order valence-corrected chi connectivity index (χ3v) is 5.20. The molecule has 0 bridgehead atoms. The van der Waals surface area contributed by atoms with Gasteiger partial charge in [-0.2, -0.15) is 5.26 Å². The summed E-state index contributed by atoms with van der Waals surface area (Å²) in [6.45, 7) is 7.00. The normalized spacial score (nSPS) is 22.6. The highest BCUT2D eigenvalue weighted by molar-refractivity contribution is 5.50. The van der Waals surface area contributed by atoms with E-state index in [4.69, 9.17) is 5.26 Å². The Hall–Kier alpha value is -1.56. The summed E-state index contributed by atoms with van der Waals surface area (Å²) in [6.07, 6.45) is 6.00. The van der Waals surface area contributed by atoms with E-state index < -0.39 is 5.82 Å². The van der Waals surface area contributed by atoms with E-state index in [1.807, 2.05) is 6.07 Å². The summed E-state index contributed by atoms with van der Waals surface area (Å²) in [5, 5.41) is 12.3. The van der Waals surface area contributed by atoms with E-state index in [2.05, 4.69) is 26.1 Å². The smallest absolute Gasteiger partial charge is 0.141 e. The van der Waals surface area contributed by atoms with Gasteiger partial charge in [-0.25, -0.2) is 4.39 Å². The first kappa shape index (κ1) is 15.8. The van der Waals surface area contributed by atoms with Crippen LogP contribution in [0.15, 0.2) is 18.2 Å². The van der Waals surface area contributed by atoms with Gasteiger partial charge in [-0.05, 0) is 55.2 Å². The monoisotopic (exact) mass is 288 g/mol. The second-order valence-electron chi connectivity index (χ2n) is 6.84. The molecule has 0 saturated heterocycles. The predicted octanol–water partition coefficient (Wildman–Crippen LogP) is 5.10. The summed E-state index contributed by atoms with van der Waals surface area (Å²) < 4.78 is 13.3. The molecule has 114 valence electrons. The Labute approximate surface area is 127 Å². The summed E-state index contributed by atoms with van der Waals surface area (Å²) in [6, 6.07) is 7.03. The summed E-state index contributed by atoms with van der Waals surface area (Å²) in [7, 11) is 0. The minimum Gasteiger partial charge on any atom is -0.382 e. The fourth-order valence-corrected chi connectivity index (χ4v) is 3.24. The Bertz CT molecular complexity index is 523. The molecule has 0 heterocycles. The van der Waals surface area contributed by atoms with Crippen molar-refractivity contribution in [3.63, 3.8) is 0 Å². The average molecular weight is 288 g/mol. The van der Waals surface area contributed by atoms with Crippen molar-refractivity contribution >= 4 is 5.69 Å². The van der Waals surface area contributed by atoms with E-state index in [-0.39, 0.29) is 5.56 Å². The van der Waals surface area contributed by atoms with Gasteiger partial charge in [-0.15, -0.1) is 0 Å². The molecule has 1 fully saturated rings. The molecule has 0 aromatic heterocycles. The number of nitriles is 1. The summed E-state index contributed by atoms with van der Waals surface area (Å²) >= 11 is 0. The first-order chi connectivity index (χ1) is 9.96. The van der Waals surface area contributed by atoms with Crippen molar-refractivity contribution in [2.45, 2.75) is 58.9 Å². The maximum atomic E-state index is 13.3. The standard InChI is InChI=1S/C18H25FN2/c1-4-18(2,3)14-5-7-15(8-6-14)21-16-9-10-17(19)13(11-16)12-20/h9-11,14-15,21H,4-8H2,1-3H3. The molecule has 1 aliphatic rings. The molecule has 1 aromatic rings. The number of anilines is 1. The van der Waals surface area contributed by atoms with Crippen LogP contribution in [0.5, 0.6) is 0 Å². The maximum Gasteiger partial charge on any atom is 0.141 e. The minimum atomic E-state index is -0.448. The SMILES string of the molecule is CCC(C)(C)C1CCC(Nc2ccc(F)c(C#N)c2)CC1. The summed E-state index contributed by atoms with van der Waals surface area (Å²) in [5.41, 5.74) is 1.39. The van der Waals surface area contributed by atoms with Crippen LogP contribution in [0.25, 0.3) is 0 Å². The fourth-order valence-electron chi connectivity index (χ4n) is 3.24. The lowest BCUT2D eigenvalue weighted by Crippen LogP contribution is -2.32. The van der Waals surface area contributed by atoms with Crippen LogP contribution in [0.3, 0.4) is 0 Å². The Morgan fingerprint density at radius 2 is 1.95 bits per heavy atom. The maximum absolute atomic E-state index is 13.3. The van der Waals surface area contributed by atoms with Crippen molar-refractivity contribution in [1.82, 2.24) is 0 Å². The molecule has 0 atom stereocenters. The van der Waals surface area contributed by atoms with Gasteiger partial charge in [0.2, 0.25) is 0 Å². The topological polar surface area (TPSA) is 35.8 Å². The zero-order chi connectivity index (χ0) is 15.5. The highest BCUT2D eigenvalue weighted by Crippen LogP contribution is 2.40.